The van der Waals surface area contributed by atoms with E-state index in [0.717, 1.165) is 33.1 Å². The third-order valence-corrected chi connectivity index (χ3v) is 6.39. The lowest BCUT2D eigenvalue weighted by Crippen LogP contribution is -2.44. The second kappa shape index (κ2) is 8.17. The van der Waals surface area contributed by atoms with Crippen LogP contribution in [0, 0.1) is 0 Å². The van der Waals surface area contributed by atoms with Gasteiger partial charge in [0, 0.05) is 21.5 Å². The van der Waals surface area contributed by atoms with E-state index in [9.17, 15) is 4.79 Å². The van der Waals surface area contributed by atoms with E-state index < -0.39 is 6.10 Å². The molecule has 0 radical (unpaired) electrons. The molecule has 0 fully saturated rings. The number of hydrogen-bond acceptors (Lipinski definition) is 4. The van der Waals surface area contributed by atoms with Crippen LogP contribution in [0.15, 0.2) is 78.2 Å². The van der Waals surface area contributed by atoms with Gasteiger partial charge >= 0.3 is 0 Å². The fourth-order valence-corrected chi connectivity index (χ4v) is 4.58. The Balaban J connectivity index is 1.51. The SMILES string of the molecule is CC1Oc2ccc(-c3csc(-c4ccccc4)n3)cc2N(Cc2ccc(Cl)cc2)C1=O. The molecule has 0 N–H and O–H groups in total. The summed E-state index contributed by atoms with van der Waals surface area (Å²) in [5.41, 5.74) is 4.68. The van der Waals surface area contributed by atoms with Gasteiger partial charge in [-0.2, -0.15) is 0 Å². The van der Waals surface area contributed by atoms with E-state index in [0.29, 0.717) is 17.3 Å². The molecule has 1 unspecified atom stereocenters. The first-order valence-corrected chi connectivity index (χ1v) is 11.2. The van der Waals surface area contributed by atoms with Crippen molar-refractivity contribution in [3.63, 3.8) is 0 Å². The van der Waals surface area contributed by atoms with E-state index >= 15 is 0 Å². The number of thiazole rings is 1. The van der Waals surface area contributed by atoms with Crippen LogP contribution in [-0.4, -0.2) is 17.0 Å². The van der Waals surface area contributed by atoms with E-state index in [4.69, 9.17) is 21.3 Å². The van der Waals surface area contributed by atoms with Gasteiger partial charge in [-0.15, -0.1) is 11.3 Å². The van der Waals surface area contributed by atoms with Crippen LogP contribution in [0.3, 0.4) is 0 Å². The highest BCUT2D eigenvalue weighted by Crippen LogP contribution is 2.39. The molecular formula is C25H19ClN2O2S. The molecule has 1 atom stereocenters. The lowest BCUT2D eigenvalue weighted by Gasteiger charge is -2.33. The molecule has 3 aromatic carbocycles. The third-order valence-electron chi connectivity index (χ3n) is 5.24. The number of amides is 1. The zero-order valence-electron chi connectivity index (χ0n) is 16.8. The number of benzene rings is 3. The molecule has 4 nitrogen and oxygen atoms in total. The van der Waals surface area contributed by atoms with Gasteiger partial charge in [0.15, 0.2) is 6.10 Å². The summed E-state index contributed by atoms with van der Waals surface area (Å²) in [6.45, 7) is 2.23. The first kappa shape index (κ1) is 19.8. The predicted octanol–water partition coefficient (Wildman–Crippen LogP) is 6.44. The Labute approximate surface area is 189 Å². The number of rotatable bonds is 4. The molecular weight excluding hydrogens is 428 g/mol. The molecule has 1 aromatic heterocycles. The van der Waals surface area contributed by atoms with Crippen LogP contribution < -0.4 is 9.64 Å². The Hall–Kier alpha value is -3.15. The number of aromatic nitrogens is 1. The van der Waals surface area contributed by atoms with Crippen LogP contribution in [0.5, 0.6) is 5.75 Å². The van der Waals surface area contributed by atoms with Gasteiger partial charge in [0.25, 0.3) is 5.91 Å². The van der Waals surface area contributed by atoms with Crippen molar-refractivity contribution in [2.45, 2.75) is 19.6 Å². The van der Waals surface area contributed by atoms with Crippen LogP contribution in [0.1, 0.15) is 12.5 Å². The minimum atomic E-state index is -0.533. The molecule has 4 aromatic rings. The highest BCUT2D eigenvalue weighted by molar-refractivity contribution is 7.13. The van der Waals surface area contributed by atoms with Gasteiger partial charge in [0.1, 0.15) is 10.8 Å². The maximum absolute atomic E-state index is 13.0. The molecule has 154 valence electrons. The highest BCUT2D eigenvalue weighted by atomic mass is 35.5. The summed E-state index contributed by atoms with van der Waals surface area (Å²) >= 11 is 7.62. The van der Waals surface area contributed by atoms with Gasteiger partial charge in [-0.25, -0.2) is 4.98 Å². The van der Waals surface area contributed by atoms with E-state index in [1.165, 1.54) is 0 Å². The molecule has 6 heteroatoms. The minimum Gasteiger partial charge on any atom is -0.479 e. The van der Waals surface area contributed by atoms with Crippen LogP contribution in [-0.2, 0) is 11.3 Å². The monoisotopic (exact) mass is 446 g/mol. The normalized spacial score (nSPS) is 15.5. The topological polar surface area (TPSA) is 42.4 Å². The van der Waals surface area contributed by atoms with Crippen molar-refractivity contribution in [1.29, 1.82) is 0 Å². The molecule has 31 heavy (non-hydrogen) atoms. The van der Waals surface area contributed by atoms with Gasteiger partial charge < -0.3 is 9.64 Å². The minimum absolute atomic E-state index is 0.0668. The number of nitrogens with zero attached hydrogens (tertiary/aromatic N) is 2. The molecule has 0 bridgehead atoms. The van der Waals surface area contributed by atoms with Crippen LogP contribution in [0.25, 0.3) is 21.8 Å². The van der Waals surface area contributed by atoms with Crippen molar-refractivity contribution in [3.05, 3.63) is 88.8 Å². The zero-order chi connectivity index (χ0) is 21.4. The maximum Gasteiger partial charge on any atom is 0.268 e. The Morgan fingerprint density at radius 2 is 1.81 bits per heavy atom. The van der Waals surface area contributed by atoms with Gasteiger partial charge in [0.2, 0.25) is 0 Å². The molecule has 1 amide bonds. The molecule has 0 spiro atoms. The quantitative estimate of drug-likeness (QED) is 0.362. The summed E-state index contributed by atoms with van der Waals surface area (Å²) in [6.07, 6.45) is -0.533. The first-order chi connectivity index (χ1) is 15.1. The van der Waals surface area contributed by atoms with Crippen molar-refractivity contribution in [2.75, 3.05) is 4.90 Å². The second-order valence-electron chi connectivity index (χ2n) is 7.40. The lowest BCUT2D eigenvalue weighted by atomic mass is 10.1. The summed E-state index contributed by atoms with van der Waals surface area (Å²) in [6, 6.07) is 23.6. The van der Waals surface area contributed by atoms with Crippen molar-refractivity contribution in [2.24, 2.45) is 0 Å². The zero-order valence-corrected chi connectivity index (χ0v) is 18.4. The largest absolute Gasteiger partial charge is 0.479 e. The Morgan fingerprint density at radius 1 is 1.03 bits per heavy atom. The molecule has 0 saturated carbocycles. The standard InChI is InChI=1S/C25H19ClN2O2S/c1-16-25(29)28(14-17-7-10-20(26)11-8-17)22-13-19(9-12-23(22)30-16)21-15-31-24(27-21)18-5-3-2-4-6-18/h2-13,15-16H,14H2,1H3. The van der Waals surface area contributed by atoms with Gasteiger partial charge in [-0.3, -0.25) is 4.79 Å². The number of carbonyl (C=O) groups excluding carboxylic acids is 1. The summed E-state index contributed by atoms with van der Waals surface area (Å²) in [7, 11) is 0. The number of carbonyl (C=O) groups is 1. The second-order valence-corrected chi connectivity index (χ2v) is 8.69. The molecule has 0 saturated heterocycles. The van der Waals surface area contributed by atoms with Crippen LogP contribution in [0.4, 0.5) is 5.69 Å². The molecule has 1 aliphatic heterocycles. The van der Waals surface area contributed by atoms with Crippen molar-refractivity contribution in [3.8, 4) is 27.6 Å². The fourth-order valence-electron chi connectivity index (χ4n) is 3.62. The Morgan fingerprint density at radius 3 is 2.58 bits per heavy atom. The number of hydrogen-bond donors (Lipinski definition) is 0. The van der Waals surface area contributed by atoms with E-state index in [2.05, 4.69) is 12.1 Å². The van der Waals surface area contributed by atoms with E-state index in [1.807, 2.05) is 66.0 Å². The summed E-state index contributed by atoms with van der Waals surface area (Å²) in [4.78, 5) is 19.5. The molecule has 5 rings (SSSR count). The lowest BCUT2D eigenvalue weighted by molar-refractivity contribution is -0.125. The first-order valence-electron chi connectivity index (χ1n) is 9.96. The average molecular weight is 447 g/mol. The number of ether oxygens (including phenoxy) is 1. The summed E-state index contributed by atoms with van der Waals surface area (Å²) < 4.78 is 5.87. The van der Waals surface area contributed by atoms with Crippen LogP contribution >= 0.6 is 22.9 Å². The molecule has 0 aliphatic carbocycles. The van der Waals surface area contributed by atoms with Crippen molar-refractivity contribution in [1.82, 2.24) is 4.98 Å². The number of fused-ring (bicyclic) bond motifs is 1. The number of halogens is 1. The predicted molar refractivity (Wildman–Crippen MR) is 126 cm³/mol. The third kappa shape index (κ3) is 3.94. The Kier molecular flexibility index (Phi) is 5.22. The summed E-state index contributed by atoms with van der Waals surface area (Å²) in [5, 5.41) is 3.68. The highest BCUT2D eigenvalue weighted by Gasteiger charge is 2.32. The smallest absolute Gasteiger partial charge is 0.268 e. The van der Waals surface area contributed by atoms with Crippen molar-refractivity contribution < 1.29 is 9.53 Å². The van der Waals surface area contributed by atoms with E-state index in [-0.39, 0.29) is 5.91 Å². The Bertz CT molecular complexity index is 1240. The summed E-state index contributed by atoms with van der Waals surface area (Å²) in [5.74, 6) is 0.631. The van der Waals surface area contributed by atoms with E-state index in [1.54, 1.807) is 23.2 Å². The maximum atomic E-state index is 13.0. The molecule has 2 heterocycles. The fraction of sp³-hybridized carbons (Fsp3) is 0.120. The van der Waals surface area contributed by atoms with Gasteiger partial charge in [-0.1, -0.05) is 54.1 Å². The molecule has 1 aliphatic rings. The van der Waals surface area contributed by atoms with Gasteiger partial charge in [0.05, 0.1) is 17.9 Å². The van der Waals surface area contributed by atoms with Crippen molar-refractivity contribution >= 4 is 34.5 Å². The average Bonchev–Trinajstić information content (AvgIpc) is 3.29. The van der Waals surface area contributed by atoms with Crippen LogP contribution in [0.2, 0.25) is 5.02 Å². The van der Waals surface area contributed by atoms with Gasteiger partial charge in [-0.05, 0) is 42.8 Å². The number of anilines is 1.